The number of rotatable bonds is 7. The molecular formula is C42H69ClO34. The molecule has 0 saturated carbocycles. The summed E-state index contributed by atoms with van der Waals surface area (Å²) in [7, 11) is 0. The van der Waals surface area contributed by atoms with E-state index in [1.54, 1.807) is 0 Å². The standard InChI is InChI=1S/C42H69ClO34/c43-1-8-29-15(50)22(57)36(64-8)72-30-9(2-44)66-38(24(59)17(30)52)74-32-11(4-46)68-40(26(61)19(32)54)76-34-13(6-48)70-42(28(63)21(34)56)77-35-14(7-49)69-41(27(62)20(35)55)75-33-12(5-47)67-39(25(60)18(33)53)73-31-10(3-45)65-37(71-29)23(58)16(31)51/h8-42,44-63H,1-7H2/t8-,9-,10-,11-,12-,13-,14-,15-,16-,17-,18-,19-,20-,21-,22-,23-,24-,25-,26-,27-,28-,29-,30-,31-,32-,33-,34-,35-,36-,37-,38-,39-,40-,41-,42-/m1/s1. The van der Waals surface area contributed by atoms with E-state index in [2.05, 4.69) is 0 Å². The van der Waals surface area contributed by atoms with Gasteiger partial charge in [-0.2, -0.15) is 0 Å². The van der Waals surface area contributed by atoms with E-state index in [0.29, 0.717) is 0 Å². The maximum atomic E-state index is 11.4. The summed E-state index contributed by atoms with van der Waals surface area (Å²) in [4.78, 5) is 0. The number of aliphatic hydroxyl groups excluding tert-OH is 20. The van der Waals surface area contributed by atoms with Crippen molar-refractivity contribution in [1.82, 2.24) is 0 Å². The number of alkyl halides is 1. The molecule has 34 nitrogen and oxygen atoms in total. The topological polar surface area (TPSA) is 534 Å². The molecule has 0 aromatic heterocycles. The highest BCUT2D eigenvalue weighted by Gasteiger charge is 2.59. The molecule has 14 bridgehead atoms. The van der Waals surface area contributed by atoms with Crippen LogP contribution in [0.5, 0.6) is 0 Å². The Hall–Kier alpha value is -1.07. The van der Waals surface area contributed by atoms with Gasteiger partial charge in [-0.05, 0) is 0 Å². The van der Waals surface area contributed by atoms with Gasteiger partial charge in [-0.15, -0.1) is 11.6 Å². The Morgan fingerprint density at radius 2 is 0.325 bits per heavy atom. The molecule has 21 aliphatic heterocycles. The van der Waals surface area contributed by atoms with E-state index < -0.39 is 260 Å². The fraction of sp³-hybridized carbons (Fsp3) is 1.00. The van der Waals surface area contributed by atoms with Crippen LogP contribution in [0.3, 0.4) is 0 Å². The van der Waals surface area contributed by atoms with Crippen LogP contribution in [0.1, 0.15) is 0 Å². The van der Waals surface area contributed by atoms with Gasteiger partial charge in [0.2, 0.25) is 0 Å². The molecule has 0 aromatic carbocycles. The van der Waals surface area contributed by atoms with Gasteiger partial charge in [0.1, 0.15) is 171 Å². The van der Waals surface area contributed by atoms with Crippen LogP contribution >= 0.6 is 11.6 Å². The van der Waals surface area contributed by atoms with Gasteiger partial charge in [0.05, 0.1) is 45.5 Å². The lowest BCUT2D eigenvalue weighted by atomic mass is 9.95. The number of hydrogen-bond donors (Lipinski definition) is 20. The molecule has 0 aliphatic carbocycles. The number of hydrogen-bond acceptors (Lipinski definition) is 34. The van der Waals surface area contributed by atoms with Crippen molar-refractivity contribution in [1.29, 1.82) is 0 Å². The maximum Gasteiger partial charge on any atom is 0.187 e. The van der Waals surface area contributed by atoms with Crippen molar-refractivity contribution in [2.45, 2.75) is 215 Å². The Morgan fingerprint density at radius 1 is 0.195 bits per heavy atom. The fourth-order valence-electron chi connectivity index (χ4n) is 10.4. The highest BCUT2D eigenvalue weighted by Crippen LogP contribution is 2.39. The minimum atomic E-state index is -2.20. The van der Waals surface area contributed by atoms with Crippen molar-refractivity contribution in [2.75, 3.05) is 45.5 Å². The van der Waals surface area contributed by atoms with Crippen LogP contribution in [-0.2, 0) is 66.3 Å². The van der Waals surface area contributed by atoms with Gasteiger partial charge >= 0.3 is 0 Å². The van der Waals surface area contributed by atoms with E-state index in [-0.39, 0.29) is 0 Å². The summed E-state index contributed by atoms with van der Waals surface area (Å²) >= 11 is 6.18. The van der Waals surface area contributed by atoms with Crippen LogP contribution in [0.25, 0.3) is 0 Å². The molecule has 448 valence electrons. The summed E-state index contributed by atoms with van der Waals surface area (Å²) in [6.07, 6.45) is -69.2. The van der Waals surface area contributed by atoms with Gasteiger partial charge in [-0.1, -0.05) is 0 Å². The van der Waals surface area contributed by atoms with Crippen molar-refractivity contribution >= 4 is 11.6 Å². The summed E-state index contributed by atoms with van der Waals surface area (Å²) in [6.45, 7) is -6.20. The zero-order valence-corrected chi connectivity index (χ0v) is 41.0. The van der Waals surface area contributed by atoms with Crippen molar-refractivity contribution in [3.8, 4) is 0 Å². The number of aliphatic hydroxyl groups is 20. The molecule has 21 fully saturated rings. The minimum absolute atomic E-state index is 0.575. The number of ether oxygens (including phenoxy) is 14. The molecule has 35 heteroatoms. The van der Waals surface area contributed by atoms with E-state index >= 15 is 0 Å². The Labute approximate surface area is 439 Å². The molecule has 77 heavy (non-hydrogen) atoms. The molecular weight excluding hydrogens is 1080 g/mol. The molecule has 0 unspecified atom stereocenters. The molecule has 21 aliphatic rings. The van der Waals surface area contributed by atoms with Gasteiger partial charge in [-0.25, -0.2) is 0 Å². The summed E-state index contributed by atoms with van der Waals surface area (Å²) in [5.41, 5.74) is 0. The van der Waals surface area contributed by atoms with Crippen molar-refractivity contribution in [3.63, 3.8) is 0 Å². The summed E-state index contributed by atoms with van der Waals surface area (Å²) in [5.74, 6) is -0.575. The van der Waals surface area contributed by atoms with Gasteiger partial charge < -0.3 is 168 Å². The third-order valence-corrected chi connectivity index (χ3v) is 15.1. The molecule has 0 radical (unpaired) electrons. The lowest BCUT2D eigenvalue weighted by molar-refractivity contribution is -0.396. The third kappa shape index (κ3) is 12.2. The highest BCUT2D eigenvalue weighted by atomic mass is 35.5. The first-order chi connectivity index (χ1) is 36.7. The zero-order valence-electron chi connectivity index (χ0n) is 40.2. The van der Waals surface area contributed by atoms with Gasteiger partial charge in [-0.3, -0.25) is 0 Å². The molecule has 21 rings (SSSR count). The van der Waals surface area contributed by atoms with Crippen LogP contribution in [0.15, 0.2) is 0 Å². The van der Waals surface area contributed by atoms with Crippen molar-refractivity contribution in [3.05, 3.63) is 0 Å². The van der Waals surface area contributed by atoms with E-state index in [1.165, 1.54) is 0 Å². The smallest absolute Gasteiger partial charge is 0.187 e. The van der Waals surface area contributed by atoms with Gasteiger partial charge in [0.15, 0.2) is 44.0 Å². The van der Waals surface area contributed by atoms with Crippen LogP contribution in [0, 0.1) is 0 Å². The second-order valence-electron chi connectivity index (χ2n) is 19.6. The second kappa shape index (κ2) is 26.2. The van der Waals surface area contributed by atoms with Gasteiger partial charge in [0.25, 0.3) is 0 Å². The molecule has 0 amide bonds. The Balaban J connectivity index is 1.08. The first-order valence-electron chi connectivity index (χ1n) is 24.6. The minimum Gasteiger partial charge on any atom is -0.394 e. The SMILES string of the molecule is OC[C@H]1O[C@@H]2O[C@H]3[C@H](O)[C@@H](O)[C@@H](O[C@H]4[C@H](O)[C@@H](O)[C@@H](O[C@H]5[C@H](O)[C@@H](O)[C@@H](O[C@H]6[C@H](O)[C@@H](O)[C@@H](O[C@H]7[C@H](O)[C@@H](O)[C@@H](O[C@H]8[C@H](O)[C@@H](O)[C@@H](O[C@H]1[C@H](O)[C@H]2O)O[C@@H]8CO)O[C@@H]7CO)O[C@@H]6CO)O[C@@H]5CCl)O[C@@H]4CO)O[C@@H]3CO. The van der Waals surface area contributed by atoms with E-state index in [4.69, 9.17) is 77.9 Å². The second-order valence-corrected chi connectivity index (χ2v) is 19.9. The van der Waals surface area contributed by atoms with E-state index in [1.807, 2.05) is 0 Å². The van der Waals surface area contributed by atoms with E-state index in [0.717, 1.165) is 0 Å². The molecule has 21 saturated heterocycles. The Bertz CT molecular complexity index is 1470. The molecule has 35 atom stereocenters. The maximum absolute atomic E-state index is 11.4. The number of halogens is 1. The fourth-order valence-corrected chi connectivity index (χ4v) is 10.6. The average molecular weight is 1150 g/mol. The Morgan fingerprint density at radius 3 is 0.455 bits per heavy atom. The van der Waals surface area contributed by atoms with Crippen molar-refractivity contribution < 1.29 is 168 Å². The predicted molar refractivity (Wildman–Crippen MR) is 232 cm³/mol. The summed E-state index contributed by atoms with van der Waals surface area (Å²) in [6, 6.07) is 0. The normalized spacial score (nSPS) is 55.4. The molecule has 0 aromatic rings. The highest BCUT2D eigenvalue weighted by molar-refractivity contribution is 6.18. The predicted octanol–water partition coefficient (Wildman–Crippen LogP) is -14.0. The van der Waals surface area contributed by atoms with Gasteiger partial charge in [0, 0.05) is 0 Å². The zero-order chi connectivity index (χ0) is 56.1. The van der Waals surface area contributed by atoms with Crippen molar-refractivity contribution in [2.24, 2.45) is 0 Å². The van der Waals surface area contributed by atoms with Crippen LogP contribution in [0.4, 0.5) is 0 Å². The molecule has 21 heterocycles. The largest absolute Gasteiger partial charge is 0.394 e. The lowest BCUT2D eigenvalue weighted by Crippen LogP contribution is -2.68. The monoisotopic (exact) mass is 1150 g/mol. The third-order valence-electron chi connectivity index (χ3n) is 14.8. The molecule has 0 spiro atoms. The first kappa shape index (κ1) is 62.0. The summed E-state index contributed by atoms with van der Waals surface area (Å²) in [5, 5.41) is 220. The van der Waals surface area contributed by atoms with Crippen LogP contribution in [0.2, 0.25) is 0 Å². The van der Waals surface area contributed by atoms with E-state index in [9.17, 15) is 102 Å². The first-order valence-corrected chi connectivity index (χ1v) is 25.1. The summed E-state index contributed by atoms with van der Waals surface area (Å²) < 4.78 is 79.9. The van der Waals surface area contributed by atoms with Crippen LogP contribution in [-0.4, -0.2) is 363 Å². The average Bonchev–Trinajstić information content (AvgIpc) is 3.45. The quantitative estimate of drug-likeness (QED) is 0.105. The van der Waals surface area contributed by atoms with Crippen LogP contribution < -0.4 is 0 Å². The lowest BCUT2D eigenvalue weighted by Gasteiger charge is -2.50. The molecule has 20 N–H and O–H groups in total. The Kier molecular flexibility index (Phi) is 21.1.